The molecule has 0 amide bonds. The van der Waals surface area contributed by atoms with Crippen LogP contribution in [0.1, 0.15) is 38.3 Å². The topological polar surface area (TPSA) is 45.6 Å². The Morgan fingerprint density at radius 2 is 2.30 bits per heavy atom. The molecule has 2 N–H and O–H groups in total. The molecule has 0 saturated carbocycles. The molecule has 1 aliphatic rings. The first-order valence-electron chi connectivity index (χ1n) is 7.39. The van der Waals surface area contributed by atoms with E-state index in [4.69, 9.17) is 4.74 Å². The first-order chi connectivity index (χ1) is 9.58. The largest absolute Gasteiger partial charge is 0.490 e. The van der Waals surface area contributed by atoms with Crippen molar-refractivity contribution in [3.63, 3.8) is 0 Å². The maximum atomic E-state index is 6.01. The van der Waals surface area contributed by atoms with E-state index >= 15 is 0 Å². The van der Waals surface area contributed by atoms with Gasteiger partial charge in [-0.25, -0.2) is 0 Å². The first-order valence-corrected chi connectivity index (χ1v) is 7.39. The summed E-state index contributed by atoms with van der Waals surface area (Å²) in [6.07, 6.45) is 1.24. The van der Waals surface area contributed by atoms with Crippen LogP contribution in [0, 0.1) is 6.92 Å². The summed E-state index contributed by atoms with van der Waals surface area (Å²) < 4.78 is 6.01. The van der Waals surface area contributed by atoms with Gasteiger partial charge in [0.05, 0.1) is 12.6 Å². The lowest BCUT2D eigenvalue weighted by Gasteiger charge is -2.17. The molecular weight excluding hydrogens is 250 g/mol. The van der Waals surface area contributed by atoms with E-state index in [1.54, 1.807) is 0 Å². The van der Waals surface area contributed by atoms with E-state index < -0.39 is 0 Å². The van der Waals surface area contributed by atoms with Gasteiger partial charge < -0.3 is 15.4 Å². The number of rotatable bonds is 5. The molecule has 0 aliphatic carbocycles. The number of ether oxygens (including phenoxy) is 1. The molecule has 20 heavy (non-hydrogen) atoms. The fourth-order valence-corrected chi connectivity index (χ4v) is 2.06. The first kappa shape index (κ1) is 14.7. The Morgan fingerprint density at radius 3 is 2.95 bits per heavy atom. The summed E-state index contributed by atoms with van der Waals surface area (Å²) >= 11 is 0. The van der Waals surface area contributed by atoms with Crippen LogP contribution in [0.2, 0.25) is 0 Å². The predicted molar refractivity (Wildman–Crippen MR) is 83.3 cm³/mol. The molecule has 1 heterocycles. The van der Waals surface area contributed by atoms with Gasteiger partial charge in [-0.05, 0) is 38.8 Å². The lowest BCUT2D eigenvalue weighted by molar-refractivity contribution is 0.215. The maximum absolute atomic E-state index is 6.01. The third kappa shape index (κ3) is 3.89. The van der Waals surface area contributed by atoms with E-state index in [2.05, 4.69) is 61.5 Å². The van der Waals surface area contributed by atoms with Crippen molar-refractivity contribution in [1.82, 2.24) is 10.6 Å². The third-order valence-electron chi connectivity index (χ3n) is 3.48. The van der Waals surface area contributed by atoms with E-state index in [0.29, 0.717) is 6.04 Å². The van der Waals surface area contributed by atoms with Gasteiger partial charge in [0.25, 0.3) is 0 Å². The number of nitrogens with one attached hydrogen (secondary N) is 2. The van der Waals surface area contributed by atoms with Crippen molar-refractivity contribution in [2.45, 2.75) is 52.8 Å². The van der Waals surface area contributed by atoms with E-state index in [0.717, 1.165) is 31.2 Å². The zero-order valence-corrected chi connectivity index (χ0v) is 12.9. The van der Waals surface area contributed by atoms with Crippen molar-refractivity contribution < 1.29 is 4.74 Å². The van der Waals surface area contributed by atoms with Gasteiger partial charge in [-0.1, -0.05) is 19.1 Å². The lowest BCUT2D eigenvalue weighted by atomic mass is 10.1. The van der Waals surface area contributed by atoms with Crippen LogP contribution in [0.3, 0.4) is 0 Å². The quantitative estimate of drug-likeness (QED) is 0.868. The highest BCUT2D eigenvalue weighted by Gasteiger charge is 2.13. The summed E-state index contributed by atoms with van der Waals surface area (Å²) in [6, 6.07) is 6.77. The summed E-state index contributed by atoms with van der Waals surface area (Å²) in [5.74, 6) is 1.85. The molecule has 4 nitrogen and oxygen atoms in total. The number of nitrogens with zero attached hydrogens (tertiary/aromatic N) is 1. The molecule has 0 bridgehead atoms. The van der Waals surface area contributed by atoms with Crippen molar-refractivity contribution in [1.29, 1.82) is 0 Å². The Balaban J connectivity index is 2.02. The Kier molecular flexibility index (Phi) is 4.88. The fourth-order valence-electron chi connectivity index (χ4n) is 2.06. The number of aryl methyl sites for hydroxylation is 1. The monoisotopic (exact) mass is 275 g/mol. The fraction of sp³-hybridized carbons (Fsp3) is 0.562. The minimum Gasteiger partial charge on any atom is -0.490 e. The number of hydrogen-bond acceptors (Lipinski definition) is 4. The minimum absolute atomic E-state index is 0.234. The smallest absolute Gasteiger partial charge is 0.191 e. The van der Waals surface area contributed by atoms with Gasteiger partial charge in [0, 0.05) is 18.2 Å². The van der Waals surface area contributed by atoms with Gasteiger partial charge in [0.2, 0.25) is 0 Å². The zero-order valence-electron chi connectivity index (χ0n) is 12.9. The van der Waals surface area contributed by atoms with Crippen molar-refractivity contribution in [3.05, 3.63) is 29.3 Å². The second-order valence-electron chi connectivity index (χ2n) is 5.54. The average molecular weight is 275 g/mol. The Morgan fingerprint density at radius 1 is 1.50 bits per heavy atom. The number of benzene rings is 1. The molecule has 110 valence electrons. The summed E-state index contributed by atoms with van der Waals surface area (Å²) in [5.41, 5.74) is 2.39. The molecule has 1 aromatic rings. The number of guanidine groups is 1. The van der Waals surface area contributed by atoms with Gasteiger partial charge in [-0.3, -0.25) is 4.99 Å². The highest BCUT2D eigenvalue weighted by atomic mass is 16.5. The Bertz CT molecular complexity index is 485. The molecule has 0 spiro atoms. The lowest BCUT2D eigenvalue weighted by Crippen LogP contribution is -2.37. The molecule has 1 aromatic carbocycles. The maximum Gasteiger partial charge on any atom is 0.191 e. The molecule has 1 aliphatic heterocycles. The SMILES string of the molecule is CCC(C)Oc1cc(C)ccc1CNC1=NCC(C)N1. The van der Waals surface area contributed by atoms with Gasteiger partial charge >= 0.3 is 0 Å². The van der Waals surface area contributed by atoms with Crippen LogP contribution in [0.15, 0.2) is 23.2 Å². The predicted octanol–water partition coefficient (Wildman–Crippen LogP) is 2.61. The van der Waals surface area contributed by atoms with Crippen LogP contribution in [0.4, 0.5) is 0 Å². The van der Waals surface area contributed by atoms with Crippen LogP contribution >= 0.6 is 0 Å². The Labute approximate surface area is 121 Å². The van der Waals surface area contributed by atoms with E-state index in [1.165, 1.54) is 11.1 Å². The summed E-state index contributed by atoms with van der Waals surface area (Å²) in [4.78, 5) is 4.41. The second-order valence-corrected chi connectivity index (χ2v) is 5.54. The van der Waals surface area contributed by atoms with Gasteiger partial charge in [0.15, 0.2) is 5.96 Å². The number of hydrogen-bond donors (Lipinski definition) is 2. The average Bonchev–Trinajstić information content (AvgIpc) is 2.83. The van der Waals surface area contributed by atoms with Crippen LogP contribution < -0.4 is 15.4 Å². The normalized spacial score (nSPS) is 19.2. The molecule has 0 aromatic heterocycles. The molecule has 2 atom stereocenters. The molecule has 4 heteroatoms. The zero-order chi connectivity index (χ0) is 14.5. The highest BCUT2D eigenvalue weighted by Crippen LogP contribution is 2.22. The summed E-state index contributed by atoms with van der Waals surface area (Å²) in [7, 11) is 0. The second kappa shape index (κ2) is 6.64. The summed E-state index contributed by atoms with van der Waals surface area (Å²) in [6.45, 7) is 10.0. The summed E-state index contributed by atoms with van der Waals surface area (Å²) in [5, 5.41) is 6.64. The van der Waals surface area contributed by atoms with Gasteiger partial charge in [-0.15, -0.1) is 0 Å². The minimum atomic E-state index is 0.234. The standard InChI is InChI=1S/C16H25N3O/c1-5-13(4)20-15-8-11(2)6-7-14(15)10-18-16-17-9-12(3)19-16/h6-8,12-13H,5,9-10H2,1-4H3,(H2,17,18,19). The Hall–Kier alpha value is -1.71. The molecule has 0 saturated heterocycles. The van der Waals surface area contributed by atoms with Crippen molar-refractivity contribution >= 4 is 5.96 Å². The van der Waals surface area contributed by atoms with Crippen LogP contribution in [-0.2, 0) is 6.54 Å². The van der Waals surface area contributed by atoms with Gasteiger partial charge in [-0.2, -0.15) is 0 Å². The van der Waals surface area contributed by atoms with Crippen LogP contribution in [0.25, 0.3) is 0 Å². The highest BCUT2D eigenvalue weighted by molar-refractivity contribution is 5.81. The van der Waals surface area contributed by atoms with Gasteiger partial charge in [0.1, 0.15) is 5.75 Å². The van der Waals surface area contributed by atoms with Crippen molar-refractivity contribution in [2.24, 2.45) is 4.99 Å². The van der Waals surface area contributed by atoms with Crippen molar-refractivity contribution in [2.75, 3.05) is 6.54 Å². The van der Waals surface area contributed by atoms with Crippen LogP contribution in [0.5, 0.6) is 5.75 Å². The molecule has 0 radical (unpaired) electrons. The van der Waals surface area contributed by atoms with E-state index in [9.17, 15) is 0 Å². The van der Waals surface area contributed by atoms with E-state index in [1.807, 2.05) is 0 Å². The molecule has 2 unspecified atom stereocenters. The molecular formula is C16H25N3O. The third-order valence-corrected chi connectivity index (χ3v) is 3.48. The van der Waals surface area contributed by atoms with Crippen LogP contribution in [-0.4, -0.2) is 24.7 Å². The molecule has 0 fully saturated rings. The molecule has 2 rings (SSSR count). The van der Waals surface area contributed by atoms with E-state index in [-0.39, 0.29) is 6.10 Å². The number of aliphatic imine (C=N–C) groups is 1. The van der Waals surface area contributed by atoms with Crippen molar-refractivity contribution in [3.8, 4) is 5.75 Å².